The fraction of sp³-hybridized carbons (Fsp3) is 0.304. The van der Waals surface area contributed by atoms with Gasteiger partial charge in [0.1, 0.15) is 0 Å². The number of para-hydroxylation sites is 1. The Morgan fingerprint density at radius 3 is 2.61 bits per heavy atom. The number of aromatic amines is 2. The number of benzene rings is 2. The fourth-order valence-electron chi connectivity index (χ4n) is 4.09. The minimum Gasteiger partial charge on any atom is -0.325 e. The molecule has 0 radical (unpaired) electrons. The summed E-state index contributed by atoms with van der Waals surface area (Å²) in [6.45, 7) is 2.89. The number of rotatable bonds is 7. The molecule has 0 bridgehead atoms. The molecule has 170 valence electrons. The number of aromatic nitrogens is 5. The molecule has 2 aromatic heterocycles. The van der Waals surface area contributed by atoms with E-state index in [1.807, 2.05) is 34.9 Å². The topological polar surface area (TPSA) is 112 Å². The van der Waals surface area contributed by atoms with Gasteiger partial charge >= 0.3 is 5.69 Å². The number of fused-ring (bicyclic) bond motifs is 1. The van der Waals surface area contributed by atoms with Crippen LogP contribution in [-0.4, -0.2) is 54.4 Å². The van der Waals surface area contributed by atoms with Crippen molar-refractivity contribution in [3.8, 4) is 5.69 Å². The fourth-order valence-corrected chi connectivity index (χ4v) is 4.86. The number of hydrogen-bond donors (Lipinski definition) is 3. The van der Waals surface area contributed by atoms with Gasteiger partial charge in [0.05, 0.1) is 23.3 Å². The number of amides is 1. The molecule has 2 aromatic carbocycles. The number of nitrogens with one attached hydrogen (secondary N) is 3. The smallest absolute Gasteiger partial charge is 0.323 e. The number of nitrogens with zero attached hydrogens (tertiary/aromatic N) is 4. The van der Waals surface area contributed by atoms with E-state index in [0.717, 1.165) is 31.1 Å². The lowest BCUT2D eigenvalue weighted by Gasteiger charge is -2.26. The number of hydrogen-bond acceptors (Lipinski definition) is 6. The third kappa shape index (κ3) is 5.01. The highest BCUT2D eigenvalue weighted by Gasteiger charge is 2.19. The van der Waals surface area contributed by atoms with E-state index in [1.54, 1.807) is 18.2 Å². The number of carbonyl (C=O) groups excluding carboxylic acids is 1. The van der Waals surface area contributed by atoms with E-state index in [9.17, 15) is 9.59 Å². The van der Waals surface area contributed by atoms with Gasteiger partial charge in [-0.3, -0.25) is 14.3 Å². The van der Waals surface area contributed by atoms with Crippen molar-refractivity contribution in [2.75, 3.05) is 24.2 Å². The summed E-state index contributed by atoms with van der Waals surface area (Å²) in [4.78, 5) is 31.9. The van der Waals surface area contributed by atoms with E-state index in [4.69, 9.17) is 0 Å². The van der Waals surface area contributed by atoms with E-state index in [1.165, 1.54) is 31.0 Å². The molecular weight excluding hydrogens is 438 g/mol. The average Bonchev–Trinajstić information content (AvgIpc) is 3.40. The van der Waals surface area contributed by atoms with Crippen LogP contribution < -0.4 is 11.0 Å². The van der Waals surface area contributed by atoms with Gasteiger partial charge in [-0.1, -0.05) is 36.4 Å². The van der Waals surface area contributed by atoms with E-state index in [2.05, 4.69) is 30.4 Å². The Kier molecular flexibility index (Phi) is 6.27. The average molecular weight is 464 g/mol. The van der Waals surface area contributed by atoms with Gasteiger partial charge in [0, 0.05) is 11.4 Å². The molecule has 5 rings (SSSR count). The van der Waals surface area contributed by atoms with Crippen LogP contribution in [0.5, 0.6) is 0 Å². The predicted octanol–water partition coefficient (Wildman–Crippen LogP) is 3.15. The maximum atomic E-state index is 12.6. The van der Waals surface area contributed by atoms with Crippen molar-refractivity contribution in [3.05, 3.63) is 64.8 Å². The summed E-state index contributed by atoms with van der Waals surface area (Å²) in [6, 6.07) is 15.3. The zero-order chi connectivity index (χ0) is 22.6. The second kappa shape index (κ2) is 9.63. The van der Waals surface area contributed by atoms with Crippen LogP contribution in [0.2, 0.25) is 0 Å². The highest BCUT2D eigenvalue weighted by atomic mass is 32.2. The molecule has 0 aliphatic carbocycles. The second-order valence-corrected chi connectivity index (χ2v) is 9.03. The monoisotopic (exact) mass is 463 g/mol. The van der Waals surface area contributed by atoms with Crippen molar-refractivity contribution in [2.24, 2.45) is 0 Å². The summed E-state index contributed by atoms with van der Waals surface area (Å²) >= 11 is 1.35. The van der Waals surface area contributed by atoms with Crippen molar-refractivity contribution in [3.63, 3.8) is 0 Å². The molecule has 1 fully saturated rings. The molecule has 1 amide bonds. The number of thioether (sulfide) groups is 1. The van der Waals surface area contributed by atoms with Crippen LogP contribution in [0.15, 0.2) is 58.5 Å². The van der Waals surface area contributed by atoms with Crippen LogP contribution in [-0.2, 0) is 11.3 Å². The Morgan fingerprint density at radius 1 is 1.00 bits per heavy atom. The number of H-pyrrole nitrogens is 2. The van der Waals surface area contributed by atoms with Crippen molar-refractivity contribution in [2.45, 2.75) is 31.0 Å². The van der Waals surface area contributed by atoms with Crippen molar-refractivity contribution < 1.29 is 4.79 Å². The number of likely N-dealkylation sites (tertiary alicyclic amines) is 1. The van der Waals surface area contributed by atoms with Gasteiger partial charge < -0.3 is 15.3 Å². The molecule has 4 aromatic rings. The first-order valence-electron chi connectivity index (χ1n) is 11.0. The molecule has 1 saturated heterocycles. The number of anilines is 1. The van der Waals surface area contributed by atoms with Gasteiger partial charge in [-0.25, -0.2) is 4.79 Å². The van der Waals surface area contributed by atoms with Crippen LogP contribution in [0.3, 0.4) is 0 Å². The van der Waals surface area contributed by atoms with Gasteiger partial charge in [-0.15, -0.1) is 10.2 Å². The Morgan fingerprint density at radius 2 is 1.79 bits per heavy atom. The summed E-state index contributed by atoms with van der Waals surface area (Å²) in [6.07, 6.45) is 3.71. The lowest BCUT2D eigenvalue weighted by Crippen LogP contribution is -2.30. The van der Waals surface area contributed by atoms with Gasteiger partial charge in [-0.2, -0.15) is 0 Å². The molecule has 0 atom stereocenters. The van der Waals surface area contributed by atoms with Crippen LogP contribution in [0, 0.1) is 0 Å². The number of carbonyl (C=O) groups is 1. The van der Waals surface area contributed by atoms with Gasteiger partial charge in [-0.05, 0) is 56.3 Å². The van der Waals surface area contributed by atoms with Gasteiger partial charge in [0.2, 0.25) is 5.91 Å². The van der Waals surface area contributed by atoms with Crippen LogP contribution in [0.4, 0.5) is 5.69 Å². The van der Waals surface area contributed by atoms with E-state index in [0.29, 0.717) is 21.9 Å². The van der Waals surface area contributed by atoms with E-state index < -0.39 is 0 Å². The molecule has 9 nitrogen and oxygen atoms in total. The minimum absolute atomic E-state index is 0.155. The molecule has 1 aliphatic rings. The third-order valence-corrected chi connectivity index (χ3v) is 6.59. The molecule has 10 heteroatoms. The Bertz CT molecular complexity index is 1310. The predicted molar refractivity (Wildman–Crippen MR) is 129 cm³/mol. The van der Waals surface area contributed by atoms with Crippen LogP contribution in [0.25, 0.3) is 16.7 Å². The lowest BCUT2D eigenvalue weighted by molar-refractivity contribution is -0.113. The molecule has 33 heavy (non-hydrogen) atoms. The summed E-state index contributed by atoms with van der Waals surface area (Å²) < 4.78 is 2.04. The standard InChI is InChI=1S/C23H25N7O2S/c31-21(24-16-9-10-18-19(13-16)26-22(32)25-18)15-33-23-28-27-20(14-29-11-5-2-6-12-29)30(23)17-7-3-1-4-8-17/h1,3-4,7-10,13H,2,5-6,11-12,14-15H2,(H,24,31)(H2,25,26,32). The molecule has 0 saturated carbocycles. The largest absolute Gasteiger partial charge is 0.325 e. The zero-order valence-corrected chi connectivity index (χ0v) is 18.9. The number of piperidine rings is 1. The molecule has 0 unspecified atom stereocenters. The first-order valence-corrected chi connectivity index (χ1v) is 12.0. The van der Waals surface area contributed by atoms with Crippen molar-refractivity contribution in [1.82, 2.24) is 29.6 Å². The Labute approximate surface area is 194 Å². The molecular formula is C23H25N7O2S. The van der Waals surface area contributed by atoms with Gasteiger partial charge in [0.25, 0.3) is 0 Å². The normalized spacial score (nSPS) is 14.5. The van der Waals surface area contributed by atoms with E-state index in [-0.39, 0.29) is 17.3 Å². The van der Waals surface area contributed by atoms with Crippen LogP contribution in [0.1, 0.15) is 25.1 Å². The van der Waals surface area contributed by atoms with Crippen molar-refractivity contribution >= 4 is 34.4 Å². The number of imidazole rings is 1. The Hall–Kier alpha value is -3.37. The summed E-state index contributed by atoms with van der Waals surface area (Å²) in [7, 11) is 0. The summed E-state index contributed by atoms with van der Waals surface area (Å²) in [5.41, 5.74) is 2.68. The first-order chi connectivity index (χ1) is 16.2. The second-order valence-electron chi connectivity index (χ2n) is 8.08. The van der Waals surface area contributed by atoms with Crippen molar-refractivity contribution in [1.29, 1.82) is 0 Å². The lowest BCUT2D eigenvalue weighted by atomic mass is 10.1. The Balaban J connectivity index is 1.30. The zero-order valence-electron chi connectivity index (χ0n) is 18.1. The SMILES string of the molecule is O=C(CSc1nnc(CN2CCCCC2)n1-c1ccccc1)Nc1ccc2[nH]c(=O)[nH]c2c1. The first kappa shape index (κ1) is 21.5. The molecule has 3 heterocycles. The maximum absolute atomic E-state index is 12.6. The highest BCUT2D eigenvalue weighted by molar-refractivity contribution is 7.99. The highest BCUT2D eigenvalue weighted by Crippen LogP contribution is 2.24. The molecule has 3 N–H and O–H groups in total. The molecule has 1 aliphatic heterocycles. The quantitative estimate of drug-likeness (QED) is 0.363. The maximum Gasteiger partial charge on any atom is 0.323 e. The molecule has 0 spiro atoms. The van der Waals surface area contributed by atoms with Gasteiger partial charge in [0.15, 0.2) is 11.0 Å². The minimum atomic E-state index is -0.273. The summed E-state index contributed by atoms with van der Waals surface area (Å²) in [5.74, 6) is 0.918. The van der Waals surface area contributed by atoms with Crippen LogP contribution >= 0.6 is 11.8 Å². The summed E-state index contributed by atoms with van der Waals surface area (Å²) in [5, 5.41) is 12.4. The van der Waals surface area contributed by atoms with E-state index >= 15 is 0 Å². The third-order valence-electron chi connectivity index (χ3n) is 5.66.